The highest BCUT2D eigenvalue weighted by Gasteiger charge is 2.09. The summed E-state index contributed by atoms with van der Waals surface area (Å²) in [7, 11) is 0. The predicted molar refractivity (Wildman–Crippen MR) is 81.6 cm³/mol. The number of carboxylic acids is 1. The SMILES string of the molecule is O=C(O)CCC(=NNC(=O)c1ccccn1)c1ccccc1. The number of carbonyl (C=O) groups is 2. The quantitative estimate of drug-likeness (QED) is 0.630. The van der Waals surface area contributed by atoms with Gasteiger partial charge in [-0.25, -0.2) is 5.43 Å². The van der Waals surface area contributed by atoms with Gasteiger partial charge in [0.2, 0.25) is 0 Å². The Balaban J connectivity index is 2.14. The van der Waals surface area contributed by atoms with Gasteiger partial charge < -0.3 is 5.11 Å². The van der Waals surface area contributed by atoms with E-state index in [0.29, 0.717) is 5.71 Å². The smallest absolute Gasteiger partial charge is 0.303 e. The Morgan fingerprint density at radius 2 is 1.77 bits per heavy atom. The number of hydrazone groups is 1. The molecule has 0 bridgehead atoms. The molecule has 2 aromatic rings. The average molecular weight is 297 g/mol. The van der Waals surface area contributed by atoms with E-state index in [9.17, 15) is 9.59 Å². The topological polar surface area (TPSA) is 91.6 Å². The Kier molecular flexibility index (Phi) is 5.37. The van der Waals surface area contributed by atoms with Crippen LogP contribution in [0.5, 0.6) is 0 Å². The van der Waals surface area contributed by atoms with Gasteiger partial charge in [-0.05, 0) is 17.7 Å². The van der Waals surface area contributed by atoms with Crippen LogP contribution in [0.15, 0.2) is 59.8 Å². The van der Waals surface area contributed by atoms with Crippen molar-refractivity contribution in [2.45, 2.75) is 12.8 Å². The van der Waals surface area contributed by atoms with Gasteiger partial charge in [-0.15, -0.1) is 0 Å². The molecule has 0 atom stereocenters. The second kappa shape index (κ2) is 7.68. The summed E-state index contributed by atoms with van der Waals surface area (Å²) in [5.74, 6) is -1.36. The fraction of sp³-hybridized carbons (Fsp3) is 0.125. The normalized spacial score (nSPS) is 11.0. The molecule has 0 unspecified atom stereocenters. The van der Waals surface area contributed by atoms with Crippen LogP contribution in [0.1, 0.15) is 28.9 Å². The molecule has 0 spiro atoms. The van der Waals surface area contributed by atoms with Crippen molar-refractivity contribution in [2.75, 3.05) is 0 Å². The molecule has 6 heteroatoms. The number of amides is 1. The van der Waals surface area contributed by atoms with Gasteiger partial charge in [0.15, 0.2) is 0 Å². The van der Waals surface area contributed by atoms with Crippen molar-refractivity contribution in [2.24, 2.45) is 5.10 Å². The van der Waals surface area contributed by atoms with Gasteiger partial charge >= 0.3 is 5.97 Å². The van der Waals surface area contributed by atoms with E-state index in [1.165, 1.54) is 6.20 Å². The van der Waals surface area contributed by atoms with Crippen molar-refractivity contribution < 1.29 is 14.7 Å². The Morgan fingerprint density at radius 1 is 1.05 bits per heavy atom. The number of rotatable bonds is 6. The average Bonchev–Trinajstić information content (AvgIpc) is 2.56. The minimum absolute atomic E-state index is 0.0623. The lowest BCUT2D eigenvalue weighted by Crippen LogP contribution is -2.21. The van der Waals surface area contributed by atoms with Crippen molar-refractivity contribution in [3.63, 3.8) is 0 Å². The van der Waals surface area contributed by atoms with Crippen molar-refractivity contribution in [1.29, 1.82) is 0 Å². The second-order valence-electron chi connectivity index (χ2n) is 4.47. The number of carbonyl (C=O) groups excluding carboxylic acids is 1. The van der Waals surface area contributed by atoms with Crippen molar-refractivity contribution in [3.05, 3.63) is 66.0 Å². The molecule has 0 saturated carbocycles. The molecular weight excluding hydrogens is 282 g/mol. The highest BCUT2D eigenvalue weighted by Crippen LogP contribution is 2.06. The van der Waals surface area contributed by atoms with Crippen molar-refractivity contribution in [1.82, 2.24) is 10.4 Å². The minimum atomic E-state index is -0.917. The first kappa shape index (κ1) is 15.4. The predicted octanol–water partition coefficient (Wildman–Crippen LogP) is 2.08. The third kappa shape index (κ3) is 4.52. The Morgan fingerprint density at radius 3 is 2.41 bits per heavy atom. The summed E-state index contributed by atoms with van der Waals surface area (Å²) in [6.45, 7) is 0. The Bertz CT molecular complexity index is 670. The first-order valence-corrected chi connectivity index (χ1v) is 6.72. The molecule has 22 heavy (non-hydrogen) atoms. The lowest BCUT2D eigenvalue weighted by molar-refractivity contribution is -0.136. The third-order valence-electron chi connectivity index (χ3n) is 2.87. The molecule has 0 radical (unpaired) electrons. The van der Waals surface area contributed by atoms with E-state index in [0.717, 1.165) is 5.56 Å². The van der Waals surface area contributed by atoms with E-state index in [1.807, 2.05) is 30.3 Å². The maximum atomic E-state index is 11.9. The molecule has 2 rings (SSSR count). The first-order valence-electron chi connectivity index (χ1n) is 6.72. The summed E-state index contributed by atoms with van der Waals surface area (Å²) < 4.78 is 0. The molecule has 0 fully saturated rings. The number of hydrogen-bond donors (Lipinski definition) is 2. The summed E-state index contributed by atoms with van der Waals surface area (Å²) >= 11 is 0. The summed E-state index contributed by atoms with van der Waals surface area (Å²) in [4.78, 5) is 26.6. The molecule has 6 nitrogen and oxygen atoms in total. The maximum Gasteiger partial charge on any atom is 0.303 e. The monoisotopic (exact) mass is 297 g/mol. The summed E-state index contributed by atoms with van der Waals surface area (Å²) in [6, 6.07) is 14.1. The molecule has 0 aliphatic rings. The van der Waals surface area contributed by atoms with Gasteiger partial charge in [-0.1, -0.05) is 36.4 Å². The number of aliphatic carboxylic acids is 1. The molecule has 1 aromatic carbocycles. The van der Waals surface area contributed by atoms with Gasteiger partial charge in [0.25, 0.3) is 5.91 Å². The van der Waals surface area contributed by atoms with Gasteiger partial charge in [0.1, 0.15) is 5.69 Å². The summed E-state index contributed by atoms with van der Waals surface area (Å²) in [5, 5.41) is 12.9. The number of carboxylic acid groups (broad SMARTS) is 1. The second-order valence-corrected chi connectivity index (χ2v) is 4.47. The number of hydrogen-bond acceptors (Lipinski definition) is 4. The summed E-state index contributed by atoms with van der Waals surface area (Å²) in [6.07, 6.45) is 1.68. The van der Waals surface area contributed by atoms with Gasteiger partial charge in [0.05, 0.1) is 12.1 Å². The lowest BCUT2D eigenvalue weighted by atomic mass is 10.1. The molecule has 1 heterocycles. The van der Waals surface area contributed by atoms with Crippen LogP contribution in [0, 0.1) is 0 Å². The molecule has 112 valence electrons. The first-order chi connectivity index (χ1) is 10.7. The number of aromatic nitrogens is 1. The molecule has 0 aliphatic carbocycles. The largest absolute Gasteiger partial charge is 0.481 e. The van der Waals surface area contributed by atoms with Crippen LogP contribution in [-0.4, -0.2) is 27.7 Å². The van der Waals surface area contributed by atoms with Gasteiger partial charge in [-0.3, -0.25) is 14.6 Å². The van der Waals surface area contributed by atoms with E-state index < -0.39 is 11.9 Å². The van der Waals surface area contributed by atoms with Crippen LogP contribution in [-0.2, 0) is 4.79 Å². The van der Waals surface area contributed by atoms with E-state index >= 15 is 0 Å². The molecule has 0 aliphatic heterocycles. The zero-order chi connectivity index (χ0) is 15.8. The van der Waals surface area contributed by atoms with Crippen LogP contribution >= 0.6 is 0 Å². The van der Waals surface area contributed by atoms with Crippen molar-refractivity contribution >= 4 is 17.6 Å². The summed E-state index contributed by atoms with van der Waals surface area (Å²) in [5.41, 5.74) is 3.94. The number of nitrogens with one attached hydrogen (secondary N) is 1. The number of nitrogens with zero attached hydrogens (tertiary/aromatic N) is 2. The van der Waals surface area contributed by atoms with Crippen LogP contribution in [0.2, 0.25) is 0 Å². The molecule has 2 N–H and O–H groups in total. The van der Waals surface area contributed by atoms with E-state index in [-0.39, 0.29) is 18.5 Å². The van der Waals surface area contributed by atoms with Crippen LogP contribution in [0.3, 0.4) is 0 Å². The molecule has 1 amide bonds. The van der Waals surface area contributed by atoms with E-state index in [4.69, 9.17) is 5.11 Å². The van der Waals surface area contributed by atoms with Crippen molar-refractivity contribution in [3.8, 4) is 0 Å². The van der Waals surface area contributed by atoms with Crippen LogP contribution in [0.4, 0.5) is 0 Å². The zero-order valence-electron chi connectivity index (χ0n) is 11.8. The van der Waals surface area contributed by atoms with E-state index in [2.05, 4.69) is 15.5 Å². The fourth-order valence-corrected chi connectivity index (χ4v) is 1.79. The maximum absolute atomic E-state index is 11.9. The molecule has 0 saturated heterocycles. The standard InChI is InChI=1S/C16H15N3O3/c20-15(21)10-9-13(12-6-2-1-3-7-12)18-19-16(22)14-8-4-5-11-17-14/h1-8,11H,9-10H2,(H,19,22)(H,20,21). The third-order valence-corrected chi connectivity index (χ3v) is 2.87. The lowest BCUT2D eigenvalue weighted by Gasteiger charge is -2.06. The molecule has 1 aromatic heterocycles. The Hall–Kier alpha value is -3.02. The fourth-order valence-electron chi connectivity index (χ4n) is 1.79. The highest BCUT2D eigenvalue weighted by molar-refractivity contribution is 6.02. The number of pyridine rings is 1. The van der Waals surface area contributed by atoms with Crippen LogP contribution in [0.25, 0.3) is 0 Å². The highest BCUT2D eigenvalue weighted by atomic mass is 16.4. The van der Waals surface area contributed by atoms with Crippen LogP contribution < -0.4 is 5.43 Å². The molecular formula is C16H15N3O3. The zero-order valence-corrected chi connectivity index (χ0v) is 11.8. The van der Waals surface area contributed by atoms with E-state index in [1.54, 1.807) is 18.2 Å². The Labute approximate surface area is 127 Å². The number of benzene rings is 1. The van der Waals surface area contributed by atoms with Gasteiger partial charge in [-0.2, -0.15) is 5.10 Å². The van der Waals surface area contributed by atoms with Gasteiger partial charge in [0, 0.05) is 12.6 Å². The minimum Gasteiger partial charge on any atom is -0.481 e.